The first-order valence-electron chi connectivity index (χ1n) is 7.75. The zero-order valence-electron chi connectivity index (χ0n) is 13.3. The van der Waals surface area contributed by atoms with Crippen LogP contribution in [0.15, 0.2) is 0 Å². The quantitative estimate of drug-likeness (QED) is 0.581. The maximum absolute atomic E-state index is 4.03. The predicted molar refractivity (Wildman–Crippen MR) is 79.9 cm³/mol. The molecule has 0 bridgehead atoms. The van der Waals surface area contributed by atoms with Crippen LogP contribution in [-0.2, 0) is 0 Å². The van der Waals surface area contributed by atoms with E-state index < -0.39 is 0 Å². The van der Waals surface area contributed by atoms with Gasteiger partial charge < -0.3 is 11.2 Å². The Labute approximate surface area is 115 Å². The Kier molecular flexibility index (Phi) is 13.5. The van der Waals surface area contributed by atoms with E-state index in [9.17, 15) is 0 Å². The largest absolute Gasteiger partial charge is 0.870 e. The van der Waals surface area contributed by atoms with Gasteiger partial charge in [-0.2, -0.15) is 0 Å². The highest BCUT2D eigenvalue weighted by atomic mass is 16.0. The van der Waals surface area contributed by atoms with Crippen LogP contribution in [0.25, 0.3) is 0 Å². The van der Waals surface area contributed by atoms with Crippen molar-refractivity contribution in [2.24, 2.45) is 5.41 Å². The lowest BCUT2D eigenvalue weighted by atomic mass is 9.89. The van der Waals surface area contributed by atoms with E-state index in [4.69, 9.17) is 0 Å². The fraction of sp³-hybridized carbons (Fsp3) is 1.00. The van der Waals surface area contributed by atoms with Crippen LogP contribution in [-0.4, -0.2) is 11.5 Å². The van der Waals surface area contributed by atoms with Crippen LogP contribution in [0, 0.1) is 5.41 Å². The zero-order valence-corrected chi connectivity index (χ0v) is 13.3. The molecule has 0 saturated heterocycles. The second kappa shape index (κ2) is 12.0. The molecule has 0 saturated carbocycles. The van der Waals surface area contributed by atoms with Crippen LogP contribution < -0.4 is 5.73 Å². The molecule has 0 aromatic heterocycles. The van der Waals surface area contributed by atoms with E-state index in [0.717, 1.165) is 0 Å². The number of hydrogen-bond acceptors (Lipinski definition) is 1. The summed E-state index contributed by atoms with van der Waals surface area (Å²) < 4.78 is 0. The molecule has 0 amide bonds. The molecule has 4 N–H and O–H groups in total. The summed E-state index contributed by atoms with van der Waals surface area (Å²) in [4.78, 5) is 0. The fourth-order valence-corrected chi connectivity index (χ4v) is 2.21. The summed E-state index contributed by atoms with van der Waals surface area (Å²) >= 11 is 0. The molecule has 0 aromatic rings. The molecule has 0 aliphatic carbocycles. The summed E-state index contributed by atoms with van der Waals surface area (Å²) in [6.07, 6.45) is 14.1. The van der Waals surface area contributed by atoms with Crippen LogP contribution in [0.1, 0.15) is 91.9 Å². The molecule has 18 heavy (non-hydrogen) atoms. The Morgan fingerprint density at radius 3 is 1.56 bits per heavy atom. The van der Waals surface area contributed by atoms with Crippen molar-refractivity contribution in [1.29, 1.82) is 0 Å². The van der Waals surface area contributed by atoms with Crippen LogP contribution in [0.3, 0.4) is 0 Å². The topological polar surface area (TPSA) is 57.6 Å². The number of hydrogen-bond donors (Lipinski definition) is 1. The van der Waals surface area contributed by atoms with Crippen molar-refractivity contribution in [2.45, 2.75) is 97.9 Å². The van der Waals surface area contributed by atoms with Crippen molar-refractivity contribution in [3.8, 4) is 0 Å². The normalized spacial score (nSPS) is 13.2. The van der Waals surface area contributed by atoms with Gasteiger partial charge in [0.2, 0.25) is 0 Å². The molecule has 0 fully saturated rings. The van der Waals surface area contributed by atoms with Crippen molar-refractivity contribution in [2.75, 3.05) is 0 Å². The van der Waals surface area contributed by atoms with Gasteiger partial charge in [0, 0.05) is 0 Å². The predicted octanol–water partition coefficient (Wildman–Crippen LogP) is 4.39. The third-order valence-electron chi connectivity index (χ3n) is 3.37. The Morgan fingerprint density at radius 1 is 0.778 bits per heavy atom. The molecule has 0 aromatic carbocycles. The third-order valence-corrected chi connectivity index (χ3v) is 3.37. The second-order valence-corrected chi connectivity index (χ2v) is 7.03. The first kappa shape index (κ1) is 20.2. The molecule has 0 aliphatic heterocycles. The van der Waals surface area contributed by atoms with Crippen LogP contribution in [0.2, 0.25) is 0 Å². The summed E-state index contributed by atoms with van der Waals surface area (Å²) in [5.41, 5.74) is 4.56. The summed E-state index contributed by atoms with van der Waals surface area (Å²) in [6, 6.07) is 0.646. The highest BCUT2D eigenvalue weighted by Gasteiger charge is 2.08. The number of quaternary nitrogens is 1. The van der Waals surface area contributed by atoms with E-state index in [1.54, 1.807) is 0 Å². The molecule has 112 valence electrons. The Bertz CT molecular complexity index is 161. The molecule has 2 nitrogen and oxygen atoms in total. The molecule has 0 rings (SSSR count). The summed E-state index contributed by atoms with van der Waals surface area (Å²) in [6.45, 7) is 9.25. The molecular formula is C16H37NO. The van der Waals surface area contributed by atoms with E-state index in [-0.39, 0.29) is 5.48 Å². The van der Waals surface area contributed by atoms with Crippen LogP contribution in [0.4, 0.5) is 0 Å². The van der Waals surface area contributed by atoms with E-state index in [1.165, 1.54) is 64.2 Å². The first-order valence-corrected chi connectivity index (χ1v) is 7.75. The SMILES string of the molecule is CC([NH3+])CCCCCCCCCCC(C)(C)C.[OH-]. The lowest BCUT2D eigenvalue weighted by Crippen LogP contribution is -2.58. The first-order chi connectivity index (χ1) is 7.92. The molecule has 0 spiro atoms. The molecule has 1 atom stereocenters. The van der Waals surface area contributed by atoms with Crippen molar-refractivity contribution in [3.05, 3.63) is 0 Å². The standard InChI is InChI=1S/C16H35N.H2O/c1-15(17)13-11-9-7-5-6-8-10-12-14-16(2,3)4;/h15H,5-14,17H2,1-4H3;1H2. The van der Waals surface area contributed by atoms with Crippen molar-refractivity contribution in [1.82, 2.24) is 0 Å². The van der Waals surface area contributed by atoms with E-state index in [2.05, 4.69) is 33.4 Å². The molecular weight excluding hydrogens is 222 g/mol. The molecule has 0 radical (unpaired) electrons. The Morgan fingerprint density at radius 2 is 1.17 bits per heavy atom. The van der Waals surface area contributed by atoms with Crippen molar-refractivity contribution >= 4 is 0 Å². The average molecular weight is 259 g/mol. The maximum Gasteiger partial charge on any atom is 0.0815 e. The average Bonchev–Trinajstić information content (AvgIpc) is 2.18. The number of unbranched alkanes of at least 4 members (excludes halogenated alkanes) is 7. The lowest BCUT2D eigenvalue weighted by Gasteiger charge is -2.17. The Balaban J connectivity index is 0. The van der Waals surface area contributed by atoms with E-state index >= 15 is 0 Å². The Hall–Kier alpha value is -0.0800. The highest BCUT2D eigenvalue weighted by Crippen LogP contribution is 2.22. The zero-order chi connectivity index (χ0) is 13.1. The van der Waals surface area contributed by atoms with E-state index in [1.807, 2.05) is 0 Å². The monoisotopic (exact) mass is 259 g/mol. The fourth-order valence-electron chi connectivity index (χ4n) is 2.21. The van der Waals surface area contributed by atoms with Gasteiger partial charge >= 0.3 is 0 Å². The van der Waals surface area contributed by atoms with Crippen molar-refractivity contribution in [3.63, 3.8) is 0 Å². The van der Waals surface area contributed by atoms with Gasteiger partial charge in [0.1, 0.15) is 0 Å². The van der Waals surface area contributed by atoms with Gasteiger partial charge in [-0.25, -0.2) is 0 Å². The lowest BCUT2D eigenvalue weighted by molar-refractivity contribution is -0.415. The highest BCUT2D eigenvalue weighted by molar-refractivity contribution is 4.61. The smallest absolute Gasteiger partial charge is 0.0815 e. The van der Waals surface area contributed by atoms with Gasteiger partial charge in [0.15, 0.2) is 0 Å². The minimum atomic E-state index is 0. The van der Waals surface area contributed by atoms with Crippen LogP contribution in [0.5, 0.6) is 0 Å². The molecule has 0 aliphatic rings. The van der Waals surface area contributed by atoms with Crippen molar-refractivity contribution < 1.29 is 11.2 Å². The van der Waals surface area contributed by atoms with Gasteiger partial charge in [-0.3, -0.25) is 0 Å². The molecule has 2 heteroatoms. The molecule has 1 unspecified atom stereocenters. The number of rotatable bonds is 10. The van der Waals surface area contributed by atoms with Crippen LogP contribution >= 0.6 is 0 Å². The molecule has 0 heterocycles. The minimum Gasteiger partial charge on any atom is -0.870 e. The van der Waals surface area contributed by atoms with Gasteiger partial charge in [-0.15, -0.1) is 0 Å². The summed E-state index contributed by atoms with van der Waals surface area (Å²) in [5, 5.41) is 0. The van der Waals surface area contributed by atoms with Gasteiger partial charge in [-0.1, -0.05) is 65.7 Å². The summed E-state index contributed by atoms with van der Waals surface area (Å²) in [5.74, 6) is 0. The van der Waals surface area contributed by atoms with E-state index in [0.29, 0.717) is 11.5 Å². The minimum absolute atomic E-state index is 0. The third kappa shape index (κ3) is 18.3. The second-order valence-electron chi connectivity index (χ2n) is 7.03. The maximum atomic E-state index is 4.03. The van der Waals surface area contributed by atoms with Gasteiger partial charge in [0.25, 0.3) is 0 Å². The van der Waals surface area contributed by atoms with Gasteiger partial charge in [0.05, 0.1) is 6.04 Å². The summed E-state index contributed by atoms with van der Waals surface area (Å²) in [7, 11) is 0. The van der Waals surface area contributed by atoms with Gasteiger partial charge in [-0.05, 0) is 31.6 Å².